The zero-order valence-corrected chi connectivity index (χ0v) is 11.5. The number of benzene rings is 1. The van der Waals surface area contributed by atoms with E-state index >= 15 is 0 Å². The maximum atomic E-state index is 12.4. The number of hydrogen-bond acceptors (Lipinski definition) is 4. The molecule has 0 unspecified atom stereocenters. The molecule has 4 rings (SSSR count). The average molecular weight is 284 g/mol. The van der Waals surface area contributed by atoms with E-state index in [1.54, 1.807) is 18.2 Å². The van der Waals surface area contributed by atoms with Crippen molar-refractivity contribution in [2.24, 2.45) is 0 Å². The van der Waals surface area contributed by atoms with E-state index in [9.17, 15) is 9.59 Å². The highest BCUT2D eigenvalue weighted by Crippen LogP contribution is 2.28. The lowest BCUT2D eigenvalue weighted by molar-refractivity contribution is 0.0930. The number of amides is 1. The summed E-state index contributed by atoms with van der Waals surface area (Å²) in [6.07, 6.45) is 5.50. The fourth-order valence-corrected chi connectivity index (χ4v) is 3.52. The topological polar surface area (TPSA) is 71.3 Å². The van der Waals surface area contributed by atoms with Gasteiger partial charge in [0.25, 0.3) is 5.91 Å². The third-order valence-corrected chi connectivity index (χ3v) is 4.61. The molecule has 2 aliphatic heterocycles. The van der Waals surface area contributed by atoms with Gasteiger partial charge >= 0.3 is 0 Å². The lowest BCUT2D eigenvalue weighted by Crippen LogP contribution is -2.42. The van der Waals surface area contributed by atoms with Crippen molar-refractivity contribution >= 4 is 23.2 Å². The van der Waals surface area contributed by atoms with Gasteiger partial charge in [-0.15, -0.1) is 0 Å². The monoisotopic (exact) mass is 284 g/mol. The van der Waals surface area contributed by atoms with Crippen LogP contribution in [0.15, 0.2) is 28.9 Å². The number of hydrogen-bond donors (Lipinski definition) is 2. The van der Waals surface area contributed by atoms with E-state index in [1.807, 2.05) is 0 Å². The molecule has 1 aromatic heterocycles. The summed E-state index contributed by atoms with van der Waals surface area (Å²) < 4.78 is 5.28. The van der Waals surface area contributed by atoms with Crippen molar-refractivity contribution in [3.05, 3.63) is 35.6 Å². The van der Waals surface area contributed by atoms with Gasteiger partial charge in [0, 0.05) is 29.1 Å². The van der Waals surface area contributed by atoms with E-state index in [0.29, 0.717) is 34.2 Å². The van der Waals surface area contributed by atoms with Crippen LogP contribution in [0.2, 0.25) is 0 Å². The highest BCUT2D eigenvalue weighted by Gasteiger charge is 2.39. The first-order valence-electron chi connectivity index (χ1n) is 7.28. The Labute approximate surface area is 121 Å². The summed E-state index contributed by atoms with van der Waals surface area (Å²) in [5.74, 6) is -0.0886. The quantitative estimate of drug-likeness (QED) is 0.844. The molecule has 0 aliphatic carbocycles. The Balaban J connectivity index is 1.57. The minimum atomic E-state index is -0.0886. The van der Waals surface area contributed by atoms with Gasteiger partial charge in [-0.2, -0.15) is 0 Å². The van der Waals surface area contributed by atoms with Crippen molar-refractivity contribution in [1.82, 2.24) is 10.6 Å². The molecule has 2 bridgehead atoms. The lowest BCUT2D eigenvalue weighted by Gasteiger charge is -2.21. The summed E-state index contributed by atoms with van der Waals surface area (Å²) in [6, 6.07) is 6.35. The Kier molecular flexibility index (Phi) is 2.82. The number of fused-ring (bicyclic) bond motifs is 3. The van der Waals surface area contributed by atoms with Crippen LogP contribution in [0.4, 0.5) is 0 Å². The van der Waals surface area contributed by atoms with Gasteiger partial charge in [0.05, 0.1) is 5.56 Å². The van der Waals surface area contributed by atoms with Gasteiger partial charge in [0.15, 0.2) is 6.29 Å². The summed E-state index contributed by atoms with van der Waals surface area (Å²) in [4.78, 5) is 23.3. The van der Waals surface area contributed by atoms with Gasteiger partial charge in [-0.3, -0.25) is 9.59 Å². The molecule has 2 aliphatic rings. The van der Waals surface area contributed by atoms with Crippen molar-refractivity contribution in [2.75, 3.05) is 0 Å². The Morgan fingerprint density at radius 3 is 3.00 bits per heavy atom. The number of furan rings is 1. The van der Waals surface area contributed by atoms with Gasteiger partial charge in [0.1, 0.15) is 11.8 Å². The first-order chi connectivity index (χ1) is 10.2. The predicted molar refractivity (Wildman–Crippen MR) is 77.4 cm³/mol. The zero-order valence-electron chi connectivity index (χ0n) is 11.5. The maximum absolute atomic E-state index is 12.4. The summed E-state index contributed by atoms with van der Waals surface area (Å²) in [7, 11) is 0. The minimum Gasteiger partial charge on any atom is -0.464 e. The van der Waals surface area contributed by atoms with Crippen molar-refractivity contribution in [2.45, 2.75) is 37.4 Å². The Morgan fingerprint density at radius 2 is 2.29 bits per heavy atom. The molecule has 3 atom stereocenters. The Bertz CT molecular complexity index is 721. The van der Waals surface area contributed by atoms with Crippen molar-refractivity contribution < 1.29 is 14.0 Å². The number of carbonyl (C=O) groups is 2. The predicted octanol–water partition coefficient (Wildman–Crippen LogP) is 1.87. The fraction of sp³-hybridized carbons (Fsp3) is 0.375. The maximum Gasteiger partial charge on any atom is 0.251 e. The van der Waals surface area contributed by atoms with Crippen LogP contribution < -0.4 is 10.6 Å². The Hall–Kier alpha value is -2.14. The summed E-state index contributed by atoms with van der Waals surface area (Å²) in [5.41, 5.74) is 1.66. The van der Waals surface area contributed by atoms with Crippen LogP contribution in [0.25, 0.3) is 11.0 Å². The second-order valence-corrected chi connectivity index (χ2v) is 5.88. The minimum absolute atomic E-state index is 0.0886. The smallest absolute Gasteiger partial charge is 0.251 e. The number of carbonyl (C=O) groups excluding carboxylic acids is 2. The zero-order chi connectivity index (χ0) is 14.4. The van der Waals surface area contributed by atoms with Gasteiger partial charge in [0.2, 0.25) is 0 Å². The average Bonchev–Trinajstić information content (AvgIpc) is 3.21. The van der Waals surface area contributed by atoms with Crippen LogP contribution in [0, 0.1) is 0 Å². The molecule has 21 heavy (non-hydrogen) atoms. The molecule has 0 saturated carbocycles. The molecule has 5 heteroatoms. The van der Waals surface area contributed by atoms with Crippen molar-refractivity contribution in [3.8, 4) is 0 Å². The molecule has 108 valence electrons. The summed E-state index contributed by atoms with van der Waals surface area (Å²) in [5, 5.41) is 7.29. The van der Waals surface area contributed by atoms with Crippen LogP contribution in [0.5, 0.6) is 0 Å². The van der Waals surface area contributed by atoms with Crippen molar-refractivity contribution in [1.29, 1.82) is 0 Å². The first kappa shape index (κ1) is 12.6. The Morgan fingerprint density at radius 1 is 1.38 bits per heavy atom. The SMILES string of the molecule is O=Cc1coc2ccc(C(=O)N[C@@H]3C[C@H]4CC[C@@H]3N4)cc12. The van der Waals surface area contributed by atoms with Gasteiger partial charge in [-0.1, -0.05) is 0 Å². The van der Waals surface area contributed by atoms with E-state index in [2.05, 4.69) is 10.6 Å². The highest BCUT2D eigenvalue weighted by molar-refractivity contribution is 6.02. The molecule has 1 aromatic carbocycles. The molecule has 0 spiro atoms. The summed E-state index contributed by atoms with van der Waals surface area (Å²) in [6.45, 7) is 0. The molecule has 5 nitrogen and oxygen atoms in total. The number of nitrogens with one attached hydrogen (secondary N) is 2. The van der Waals surface area contributed by atoms with E-state index < -0.39 is 0 Å². The highest BCUT2D eigenvalue weighted by atomic mass is 16.3. The van der Waals surface area contributed by atoms with Crippen LogP contribution in [-0.4, -0.2) is 30.3 Å². The molecular formula is C16H16N2O3. The van der Waals surface area contributed by atoms with Crippen LogP contribution in [0.3, 0.4) is 0 Å². The van der Waals surface area contributed by atoms with Gasteiger partial charge < -0.3 is 15.1 Å². The molecule has 2 saturated heterocycles. The molecule has 3 heterocycles. The lowest BCUT2D eigenvalue weighted by atomic mass is 9.95. The third-order valence-electron chi connectivity index (χ3n) is 4.61. The van der Waals surface area contributed by atoms with E-state index in [1.165, 1.54) is 12.7 Å². The largest absolute Gasteiger partial charge is 0.464 e. The van der Waals surface area contributed by atoms with Crippen molar-refractivity contribution in [3.63, 3.8) is 0 Å². The summed E-state index contributed by atoms with van der Waals surface area (Å²) >= 11 is 0. The first-order valence-corrected chi connectivity index (χ1v) is 7.28. The van der Waals surface area contributed by atoms with Crippen LogP contribution in [-0.2, 0) is 0 Å². The van der Waals surface area contributed by atoms with Crippen LogP contribution >= 0.6 is 0 Å². The normalized spacial score (nSPS) is 27.1. The van der Waals surface area contributed by atoms with E-state index in [-0.39, 0.29) is 11.9 Å². The molecule has 1 amide bonds. The van der Waals surface area contributed by atoms with E-state index in [0.717, 1.165) is 19.1 Å². The second-order valence-electron chi connectivity index (χ2n) is 5.88. The molecule has 2 aromatic rings. The second kappa shape index (κ2) is 4.70. The van der Waals surface area contributed by atoms with Crippen LogP contribution in [0.1, 0.15) is 40.0 Å². The third kappa shape index (κ3) is 2.05. The molecule has 2 fully saturated rings. The molecule has 0 radical (unpaired) electrons. The van der Waals surface area contributed by atoms with Gasteiger partial charge in [-0.05, 0) is 37.5 Å². The van der Waals surface area contributed by atoms with E-state index in [4.69, 9.17) is 4.42 Å². The standard InChI is InChI=1S/C16H16N2O3/c19-7-10-8-21-15-4-1-9(5-12(10)15)16(20)18-14-6-11-2-3-13(14)17-11/h1,4-5,7-8,11,13-14,17H,2-3,6H2,(H,18,20)/t11-,13+,14-/m1/s1. The number of rotatable bonds is 3. The number of aldehydes is 1. The molecule has 2 N–H and O–H groups in total. The molecular weight excluding hydrogens is 268 g/mol. The fourth-order valence-electron chi connectivity index (χ4n) is 3.52. The van der Waals surface area contributed by atoms with Gasteiger partial charge in [-0.25, -0.2) is 0 Å².